The van der Waals surface area contributed by atoms with Gasteiger partial charge in [0.15, 0.2) is 0 Å². The van der Waals surface area contributed by atoms with Crippen molar-refractivity contribution >= 4 is 17.6 Å². The molecule has 0 spiro atoms. The van der Waals surface area contributed by atoms with Crippen molar-refractivity contribution in [3.05, 3.63) is 23.8 Å². The standard InChI is InChI=1S/C12H18N4O3/c1-2-19-9-5-3-4-8(13)10(9)11(17)15-6-7-16-12(14)18/h3-5H,2,6-7,13H2,1H3,(H,15,17)(H3,14,16,18). The zero-order chi connectivity index (χ0) is 14.3. The summed E-state index contributed by atoms with van der Waals surface area (Å²) in [5.41, 5.74) is 11.3. The van der Waals surface area contributed by atoms with Gasteiger partial charge in [-0.2, -0.15) is 0 Å². The minimum Gasteiger partial charge on any atom is -0.493 e. The van der Waals surface area contributed by atoms with E-state index in [0.29, 0.717) is 23.6 Å². The summed E-state index contributed by atoms with van der Waals surface area (Å²) in [6, 6.07) is 4.38. The Kier molecular flexibility index (Phi) is 5.46. The van der Waals surface area contributed by atoms with Crippen LogP contribution in [0.4, 0.5) is 10.5 Å². The average molecular weight is 266 g/mol. The first kappa shape index (κ1) is 14.6. The van der Waals surface area contributed by atoms with E-state index in [1.165, 1.54) is 0 Å². The Balaban J connectivity index is 2.67. The van der Waals surface area contributed by atoms with Gasteiger partial charge in [-0.1, -0.05) is 6.07 Å². The highest BCUT2D eigenvalue weighted by Gasteiger charge is 2.15. The summed E-state index contributed by atoms with van der Waals surface area (Å²) < 4.78 is 5.35. The van der Waals surface area contributed by atoms with E-state index < -0.39 is 6.03 Å². The molecule has 0 fully saturated rings. The van der Waals surface area contributed by atoms with Crippen molar-refractivity contribution in [1.29, 1.82) is 0 Å². The number of carbonyl (C=O) groups excluding carboxylic acids is 2. The molecule has 1 rings (SSSR count). The summed E-state index contributed by atoms with van der Waals surface area (Å²) in [6.45, 7) is 2.76. The highest BCUT2D eigenvalue weighted by molar-refractivity contribution is 6.01. The number of nitrogens with two attached hydrogens (primary N) is 2. The van der Waals surface area contributed by atoms with E-state index in [9.17, 15) is 9.59 Å². The third-order valence-corrected chi connectivity index (χ3v) is 2.30. The van der Waals surface area contributed by atoms with E-state index in [-0.39, 0.29) is 19.0 Å². The lowest BCUT2D eigenvalue weighted by molar-refractivity contribution is 0.0951. The molecule has 104 valence electrons. The predicted molar refractivity (Wildman–Crippen MR) is 71.9 cm³/mol. The highest BCUT2D eigenvalue weighted by Crippen LogP contribution is 2.24. The van der Waals surface area contributed by atoms with Gasteiger partial charge in [0, 0.05) is 18.8 Å². The van der Waals surface area contributed by atoms with Gasteiger partial charge in [-0.05, 0) is 19.1 Å². The predicted octanol–water partition coefficient (Wildman–Crippen LogP) is 0.0656. The fourth-order valence-electron chi connectivity index (χ4n) is 1.52. The molecule has 0 unspecified atom stereocenters. The second-order valence-electron chi connectivity index (χ2n) is 3.70. The zero-order valence-corrected chi connectivity index (χ0v) is 10.7. The molecule has 0 bridgehead atoms. The summed E-state index contributed by atoms with van der Waals surface area (Å²) in [6.07, 6.45) is 0. The van der Waals surface area contributed by atoms with E-state index in [1.807, 2.05) is 6.92 Å². The van der Waals surface area contributed by atoms with E-state index in [4.69, 9.17) is 16.2 Å². The number of nitrogens with one attached hydrogen (secondary N) is 2. The molecule has 3 amide bonds. The lowest BCUT2D eigenvalue weighted by atomic mass is 10.1. The van der Waals surface area contributed by atoms with Crippen LogP contribution in [0.2, 0.25) is 0 Å². The minimum atomic E-state index is -0.636. The van der Waals surface area contributed by atoms with Crippen LogP contribution in [-0.4, -0.2) is 31.6 Å². The summed E-state index contributed by atoms with van der Waals surface area (Å²) in [5.74, 6) is 0.0793. The number of nitrogen functional groups attached to an aromatic ring is 1. The van der Waals surface area contributed by atoms with Crippen LogP contribution in [0.5, 0.6) is 5.75 Å². The van der Waals surface area contributed by atoms with Gasteiger partial charge >= 0.3 is 6.03 Å². The number of ether oxygens (including phenoxy) is 1. The Bertz CT molecular complexity index is 462. The van der Waals surface area contributed by atoms with E-state index in [2.05, 4.69) is 10.6 Å². The number of benzene rings is 1. The number of hydrogen-bond donors (Lipinski definition) is 4. The Morgan fingerprint density at radius 3 is 2.58 bits per heavy atom. The fourth-order valence-corrected chi connectivity index (χ4v) is 1.52. The molecular weight excluding hydrogens is 248 g/mol. The third kappa shape index (κ3) is 4.38. The molecule has 0 atom stereocenters. The van der Waals surface area contributed by atoms with Gasteiger partial charge in [0.2, 0.25) is 0 Å². The first-order valence-electron chi connectivity index (χ1n) is 5.89. The largest absolute Gasteiger partial charge is 0.493 e. The van der Waals surface area contributed by atoms with Gasteiger partial charge < -0.3 is 26.8 Å². The molecule has 0 aliphatic heterocycles. The minimum absolute atomic E-state index is 0.248. The topological polar surface area (TPSA) is 119 Å². The normalized spacial score (nSPS) is 9.74. The monoisotopic (exact) mass is 266 g/mol. The Hall–Kier alpha value is -2.44. The number of hydrogen-bond acceptors (Lipinski definition) is 4. The lowest BCUT2D eigenvalue weighted by Crippen LogP contribution is -2.37. The van der Waals surface area contributed by atoms with E-state index in [0.717, 1.165) is 0 Å². The maximum absolute atomic E-state index is 12.0. The second-order valence-corrected chi connectivity index (χ2v) is 3.70. The van der Waals surface area contributed by atoms with Gasteiger partial charge in [0.05, 0.1) is 6.61 Å². The molecule has 0 heterocycles. The van der Waals surface area contributed by atoms with E-state index >= 15 is 0 Å². The Morgan fingerprint density at radius 2 is 1.95 bits per heavy atom. The van der Waals surface area contributed by atoms with Crippen LogP contribution in [0.15, 0.2) is 18.2 Å². The molecule has 6 N–H and O–H groups in total. The van der Waals surface area contributed by atoms with Crippen molar-refractivity contribution in [2.45, 2.75) is 6.92 Å². The number of primary amides is 1. The smallest absolute Gasteiger partial charge is 0.312 e. The average Bonchev–Trinajstić information content (AvgIpc) is 2.35. The van der Waals surface area contributed by atoms with Crippen LogP contribution in [0, 0.1) is 0 Å². The number of urea groups is 1. The molecule has 1 aromatic rings. The van der Waals surface area contributed by atoms with Crippen molar-refractivity contribution in [3.8, 4) is 5.75 Å². The van der Waals surface area contributed by atoms with Crippen molar-refractivity contribution in [3.63, 3.8) is 0 Å². The molecule has 0 aromatic heterocycles. The van der Waals surface area contributed by atoms with Gasteiger partial charge in [-0.15, -0.1) is 0 Å². The van der Waals surface area contributed by atoms with Gasteiger partial charge in [-0.25, -0.2) is 4.79 Å². The molecule has 0 saturated carbocycles. The first-order valence-corrected chi connectivity index (χ1v) is 5.89. The number of anilines is 1. The molecule has 1 aromatic carbocycles. The molecule has 19 heavy (non-hydrogen) atoms. The van der Waals surface area contributed by atoms with Crippen LogP contribution < -0.4 is 26.8 Å². The van der Waals surface area contributed by atoms with Crippen LogP contribution in [0.25, 0.3) is 0 Å². The second kappa shape index (κ2) is 7.10. The van der Waals surface area contributed by atoms with Crippen molar-refractivity contribution < 1.29 is 14.3 Å². The lowest BCUT2D eigenvalue weighted by Gasteiger charge is -2.12. The SMILES string of the molecule is CCOc1cccc(N)c1C(=O)NCCNC(N)=O. The fraction of sp³-hybridized carbons (Fsp3) is 0.333. The summed E-state index contributed by atoms with van der Waals surface area (Å²) in [4.78, 5) is 22.5. The number of amides is 3. The van der Waals surface area contributed by atoms with Crippen molar-refractivity contribution in [2.75, 3.05) is 25.4 Å². The molecule has 0 aliphatic carbocycles. The van der Waals surface area contributed by atoms with Crippen LogP contribution >= 0.6 is 0 Å². The Morgan fingerprint density at radius 1 is 1.26 bits per heavy atom. The van der Waals surface area contributed by atoms with Crippen LogP contribution in [-0.2, 0) is 0 Å². The molecular formula is C12H18N4O3. The molecule has 7 nitrogen and oxygen atoms in total. The Labute approximate surface area is 111 Å². The van der Waals surface area contributed by atoms with Gasteiger partial charge in [0.25, 0.3) is 5.91 Å². The maximum atomic E-state index is 12.0. The summed E-state index contributed by atoms with van der Waals surface area (Å²) in [7, 11) is 0. The summed E-state index contributed by atoms with van der Waals surface area (Å²) >= 11 is 0. The van der Waals surface area contributed by atoms with Crippen LogP contribution in [0.1, 0.15) is 17.3 Å². The maximum Gasteiger partial charge on any atom is 0.312 e. The highest BCUT2D eigenvalue weighted by atomic mass is 16.5. The molecule has 0 radical (unpaired) electrons. The molecule has 0 aliphatic rings. The van der Waals surface area contributed by atoms with Crippen molar-refractivity contribution in [2.24, 2.45) is 5.73 Å². The first-order chi connectivity index (χ1) is 9.06. The van der Waals surface area contributed by atoms with Gasteiger partial charge in [-0.3, -0.25) is 4.79 Å². The van der Waals surface area contributed by atoms with Gasteiger partial charge in [0.1, 0.15) is 11.3 Å². The van der Waals surface area contributed by atoms with Crippen molar-refractivity contribution in [1.82, 2.24) is 10.6 Å². The van der Waals surface area contributed by atoms with E-state index in [1.54, 1.807) is 18.2 Å². The quantitative estimate of drug-likeness (QED) is 0.430. The number of carbonyl (C=O) groups is 2. The third-order valence-electron chi connectivity index (χ3n) is 2.30. The number of rotatable bonds is 6. The molecule has 7 heteroatoms. The summed E-state index contributed by atoms with van der Waals surface area (Å²) in [5, 5.41) is 4.99. The zero-order valence-electron chi connectivity index (χ0n) is 10.7. The molecule has 0 saturated heterocycles. The van der Waals surface area contributed by atoms with Crippen LogP contribution in [0.3, 0.4) is 0 Å².